The van der Waals surface area contributed by atoms with E-state index in [-0.39, 0.29) is 17.0 Å². The first-order chi connectivity index (χ1) is 6.84. The molecule has 0 bridgehead atoms. The highest BCUT2D eigenvalue weighted by molar-refractivity contribution is 6.30. The predicted octanol–water partition coefficient (Wildman–Crippen LogP) is 3.00. The zero-order chi connectivity index (χ0) is 11.6. The molecule has 0 saturated heterocycles. The van der Waals surface area contributed by atoms with Crippen LogP contribution in [0.2, 0.25) is 5.02 Å². The summed E-state index contributed by atoms with van der Waals surface area (Å²) in [4.78, 5) is 0. The summed E-state index contributed by atoms with van der Waals surface area (Å²) in [5.41, 5.74) is 3.71. The van der Waals surface area contributed by atoms with E-state index in [1.807, 2.05) is 0 Å². The molecule has 1 unspecified atom stereocenters. The van der Waals surface area contributed by atoms with Gasteiger partial charge in [-0.25, -0.2) is 13.2 Å². The number of nitrogens with two attached hydrogens (primary N) is 1. The SMILES string of the molecule is CC(N)(Cc1cccc(Cl)c1F)C(F)F. The molecule has 0 saturated carbocycles. The van der Waals surface area contributed by atoms with E-state index in [1.54, 1.807) is 0 Å². The van der Waals surface area contributed by atoms with Crippen molar-refractivity contribution in [2.45, 2.75) is 25.3 Å². The zero-order valence-corrected chi connectivity index (χ0v) is 8.86. The average Bonchev–Trinajstić information content (AvgIpc) is 2.12. The molecule has 1 nitrogen and oxygen atoms in total. The molecular formula is C10H11ClF3N. The quantitative estimate of drug-likeness (QED) is 0.859. The van der Waals surface area contributed by atoms with Crippen molar-refractivity contribution in [3.8, 4) is 0 Å². The van der Waals surface area contributed by atoms with Crippen LogP contribution in [0.25, 0.3) is 0 Å². The van der Waals surface area contributed by atoms with E-state index < -0.39 is 17.8 Å². The lowest BCUT2D eigenvalue weighted by Crippen LogP contribution is -2.46. The Bertz CT molecular complexity index is 353. The van der Waals surface area contributed by atoms with Crippen LogP contribution in [-0.4, -0.2) is 12.0 Å². The van der Waals surface area contributed by atoms with Crippen LogP contribution in [0, 0.1) is 5.82 Å². The summed E-state index contributed by atoms with van der Waals surface area (Å²) in [7, 11) is 0. The maximum absolute atomic E-state index is 13.4. The number of alkyl halides is 2. The number of halogens is 4. The molecule has 15 heavy (non-hydrogen) atoms. The van der Waals surface area contributed by atoms with Crippen LogP contribution < -0.4 is 5.73 Å². The second-order valence-electron chi connectivity index (χ2n) is 3.70. The summed E-state index contributed by atoms with van der Waals surface area (Å²) < 4.78 is 38.3. The third-order valence-electron chi connectivity index (χ3n) is 2.10. The smallest absolute Gasteiger partial charge is 0.256 e. The Balaban J connectivity index is 2.95. The zero-order valence-electron chi connectivity index (χ0n) is 8.11. The maximum Gasteiger partial charge on any atom is 0.256 e. The standard InChI is InChI=1S/C10H11ClF3N/c1-10(15,9(13)14)5-6-3-2-4-7(11)8(6)12/h2-4,9H,5,15H2,1H3. The number of hydrogen-bond acceptors (Lipinski definition) is 1. The predicted molar refractivity (Wildman–Crippen MR) is 53.7 cm³/mol. The van der Waals surface area contributed by atoms with E-state index in [2.05, 4.69) is 0 Å². The van der Waals surface area contributed by atoms with Crippen molar-refractivity contribution in [3.63, 3.8) is 0 Å². The highest BCUT2D eigenvalue weighted by Gasteiger charge is 2.31. The minimum Gasteiger partial charge on any atom is -0.320 e. The first-order valence-electron chi connectivity index (χ1n) is 4.34. The fourth-order valence-corrected chi connectivity index (χ4v) is 1.37. The Kier molecular flexibility index (Phi) is 3.62. The van der Waals surface area contributed by atoms with Crippen molar-refractivity contribution in [3.05, 3.63) is 34.6 Å². The van der Waals surface area contributed by atoms with Gasteiger partial charge in [0.05, 0.1) is 10.6 Å². The van der Waals surface area contributed by atoms with Crippen molar-refractivity contribution < 1.29 is 13.2 Å². The van der Waals surface area contributed by atoms with Gasteiger partial charge in [-0.3, -0.25) is 0 Å². The van der Waals surface area contributed by atoms with Gasteiger partial charge in [0, 0.05) is 0 Å². The van der Waals surface area contributed by atoms with Crippen molar-refractivity contribution in [2.24, 2.45) is 5.73 Å². The summed E-state index contributed by atoms with van der Waals surface area (Å²) in [6.45, 7) is 1.18. The highest BCUT2D eigenvalue weighted by atomic mass is 35.5. The fourth-order valence-electron chi connectivity index (χ4n) is 1.17. The van der Waals surface area contributed by atoms with Crippen molar-refractivity contribution in [1.29, 1.82) is 0 Å². The van der Waals surface area contributed by atoms with Crippen LogP contribution in [0.1, 0.15) is 12.5 Å². The Morgan fingerprint density at radius 1 is 1.47 bits per heavy atom. The molecule has 1 atom stereocenters. The maximum atomic E-state index is 13.4. The molecule has 84 valence electrons. The van der Waals surface area contributed by atoms with Gasteiger partial charge in [0.15, 0.2) is 0 Å². The van der Waals surface area contributed by atoms with Gasteiger partial charge in [0.1, 0.15) is 5.82 Å². The van der Waals surface area contributed by atoms with Gasteiger partial charge in [-0.15, -0.1) is 0 Å². The van der Waals surface area contributed by atoms with E-state index in [9.17, 15) is 13.2 Å². The lowest BCUT2D eigenvalue weighted by atomic mass is 9.94. The van der Waals surface area contributed by atoms with Crippen LogP contribution in [-0.2, 0) is 6.42 Å². The molecule has 2 N–H and O–H groups in total. The van der Waals surface area contributed by atoms with Gasteiger partial charge in [-0.05, 0) is 25.0 Å². The van der Waals surface area contributed by atoms with Crippen molar-refractivity contribution in [1.82, 2.24) is 0 Å². The average molecular weight is 238 g/mol. The van der Waals surface area contributed by atoms with Crippen LogP contribution in [0.15, 0.2) is 18.2 Å². The Labute approximate surface area is 91.0 Å². The van der Waals surface area contributed by atoms with E-state index >= 15 is 0 Å². The molecule has 0 radical (unpaired) electrons. The summed E-state index contributed by atoms with van der Waals surface area (Å²) in [6.07, 6.45) is -2.97. The molecule has 0 spiro atoms. The van der Waals surface area contributed by atoms with Crippen LogP contribution in [0.3, 0.4) is 0 Å². The third kappa shape index (κ3) is 2.86. The molecule has 0 aliphatic heterocycles. The largest absolute Gasteiger partial charge is 0.320 e. The molecule has 0 heterocycles. The topological polar surface area (TPSA) is 26.0 Å². The van der Waals surface area contributed by atoms with E-state index in [0.717, 1.165) is 0 Å². The number of benzene rings is 1. The molecule has 0 amide bonds. The summed E-state index contributed by atoms with van der Waals surface area (Å²) >= 11 is 5.52. The molecule has 0 aliphatic carbocycles. The Morgan fingerprint density at radius 3 is 2.60 bits per heavy atom. The monoisotopic (exact) mass is 237 g/mol. The van der Waals surface area contributed by atoms with E-state index in [1.165, 1.54) is 25.1 Å². The van der Waals surface area contributed by atoms with Crippen molar-refractivity contribution in [2.75, 3.05) is 0 Å². The molecule has 1 aromatic rings. The third-order valence-corrected chi connectivity index (χ3v) is 2.39. The lowest BCUT2D eigenvalue weighted by Gasteiger charge is -2.23. The van der Waals surface area contributed by atoms with Crippen molar-refractivity contribution >= 4 is 11.6 Å². The Hall–Kier alpha value is -0.740. The first-order valence-corrected chi connectivity index (χ1v) is 4.72. The number of rotatable bonds is 3. The van der Waals surface area contributed by atoms with Crippen LogP contribution >= 0.6 is 11.6 Å². The van der Waals surface area contributed by atoms with Gasteiger partial charge < -0.3 is 5.73 Å². The second-order valence-corrected chi connectivity index (χ2v) is 4.10. The molecular weight excluding hydrogens is 227 g/mol. The number of hydrogen-bond donors (Lipinski definition) is 1. The molecule has 0 aromatic heterocycles. The highest BCUT2D eigenvalue weighted by Crippen LogP contribution is 2.23. The Morgan fingerprint density at radius 2 is 2.07 bits per heavy atom. The molecule has 0 aliphatic rings. The fraction of sp³-hybridized carbons (Fsp3) is 0.400. The van der Waals surface area contributed by atoms with Gasteiger partial charge in [-0.1, -0.05) is 23.7 Å². The second kappa shape index (κ2) is 4.41. The van der Waals surface area contributed by atoms with E-state index in [4.69, 9.17) is 17.3 Å². The van der Waals surface area contributed by atoms with Gasteiger partial charge >= 0.3 is 0 Å². The minimum atomic E-state index is -2.71. The summed E-state index contributed by atoms with van der Waals surface area (Å²) in [5, 5.41) is -0.0856. The molecule has 1 aromatic carbocycles. The molecule has 1 rings (SSSR count). The minimum absolute atomic E-state index is 0.0856. The van der Waals surface area contributed by atoms with Crippen LogP contribution in [0.5, 0.6) is 0 Å². The van der Waals surface area contributed by atoms with E-state index in [0.29, 0.717) is 0 Å². The first kappa shape index (κ1) is 12.3. The summed E-state index contributed by atoms with van der Waals surface area (Å²) in [5.74, 6) is -0.684. The molecule has 5 heteroatoms. The van der Waals surface area contributed by atoms with Gasteiger partial charge in [0.25, 0.3) is 6.43 Å². The van der Waals surface area contributed by atoms with Gasteiger partial charge in [-0.2, -0.15) is 0 Å². The summed E-state index contributed by atoms with van der Waals surface area (Å²) in [6, 6.07) is 4.26. The normalized spacial score (nSPS) is 15.4. The van der Waals surface area contributed by atoms with Crippen LogP contribution in [0.4, 0.5) is 13.2 Å². The van der Waals surface area contributed by atoms with Gasteiger partial charge in [0.2, 0.25) is 0 Å². The lowest BCUT2D eigenvalue weighted by molar-refractivity contribution is 0.0635. The molecule has 0 fully saturated rings.